The summed E-state index contributed by atoms with van der Waals surface area (Å²) < 4.78 is 10.6. The van der Waals surface area contributed by atoms with Crippen LogP contribution >= 0.6 is 0 Å². The fraction of sp³-hybridized carbons (Fsp3) is 0.231. The Kier molecular flexibility index (Phi) is 7.63. The van der Waals surface area contributed by atoms with Gasteiger partial charge in [0.1, 0.15) is 6.61 Å². The van der Waals surface area contributed by atoms with Crippen LogP contribution in [-0.4, -0.2) is 30.6 Å². The molecule has 0 fully saturated rings. The third-order valence-electron chi connectivity index (χ3n) is 5.44. The van der Waals surface area contributed by atoms with Crippen molar-refractivity contribution in [2.45, 2.75) is 26.7 Å². The molecule has 176 valence electrons. The number of nitro benzene ring substituents is 1. The second kappa shape index (κ2) is 10.6. The molecule has 0 amide bonds. The van der Waals surface area contributed by atoms with Crippen molar-refractivity contribution >= 4 is 23.7 Å². The molecule has 8 heteroatoms. The number of nitrogens with zero attached hydrogens (tertiary/aromatic N) is 1. The Hall–Kier alpha value is -4.20. The molecule has 0 aromatic heterocycles. The van der Waals surface area contributed by atoms with Gasteiger partial charge in [0.15, 0.2) is 0 Å². The van der Waals surface area contributed by atoms with Crippen LogP contribution in [0.25, 0.3) is 6.08 Å². The van der Waals surface area contributed by atoms with Crippen molar-refractivity contribution in [3.05, 3.63) is 104 Å². The van der Waals surface area contributed by atoms with Gasteiger partial charge in [-0.2, -0.15) is 0 Å². The molecule has 0 saturated carbocycles. The Bertz CT molecular complexity index is 1210. The van der Waals surface area contributed by atoms with Gasteiger partial charge in [-0.1, -0.05) is 48.5 Å². The molecule has 34 heavy (non-hydrogen) atoms. The standard InChI is InChI=1S/C26H26N2O6/c1-16(13-19-9-6-5-7-10-19)15-34-26(30)23-18(3)27-17(2)22(25(29)33-4)24(23)20-11-8-12-21(14-20)28(31)32/h5-14,24,27H,15H2,1-4H3/b16-13+. The average molecular weight is 463 g/mol. The van der Waals surface area contributed by atoms with Crippen LogP contribution in [0.4, 0.5) is 5.69 Å². The first-order valence-electron chi connectivity index (χ1n) is 10.6. The Morgan fingerprint density at radius 3 is 2.29 bits per heavy atom. The van der Waals surface area contributed by atoms with E-state index in [1.807, 2.05) is 43.3 Å². The summed E-state index contributed by atoms with van der Waals surface area (Å²) in [6, 6.07) is 15.5. The van der Waals surface area contributed by atoms with Crippen molar-refractivity contribution in [1.82, 2.24) is 5.32 Å². The van der Waals surface area contributed by atoms with Crippen LogP contribution in [0.3, 0.4) is 0 Å². The molecule has 0 bridgehead atoms. The van der Waals surface area contributed by atoms with Crippen molar-refractivity contribution < 1.29 is 24.0 Å². The number of non-ortho nitro benzene ring substituents is 1. The Morgan fingerprint density at radius 2 is 1.68 bits per heavy atom. The van der Waals surface area contributed by atoms with E-state index < -0.39 is 22.8 Å². The van der Waals surface area contributed by atoms with E-state index >= 15 is 0 Å². The van der Waals surface area contributed by atoms with Crippen LogP contribution in [-0.2, 0) is 19.1 Å². The zero-order valence-corrected chi connectivity index (χ0v) is 19.5. The number of carbonyl (C=O) groups is 2. The van der Waals surface area contributed by atoms with Gasteiger partial charge in [0.2, 0.25) is 0 Å². The zero-order valence-electron chi connectivity index (χ0n) is 19.5. The van der Waals surface area contributed by atoms with Crippen molar-refractivity contribution in [2.75, 3.05) is 13.7 Å². The molecule has 0 aliphatic carbocycles. The molecule has 1 aliphatic rings. The first kappa shape index (κ1) is 24.4. The van der Waals surface area contributed by atoms with Gasteiger partial charge >= 0.3 is 11.9 Å². The van der Waals surface area contributed by atoms with Gasteiger partial charge in [0.25, 0.3) is 5.69 Å². The van der Waals surface area contributed by atoms with Crippen LogP contribution in [0, 0.1) is 10.1 Å². The largest absolute Gasteiger partial charge is 0.466 e. The number of nitro groups is 1. The molecule has 2 aromatic carbocycles. The van der Waals surface area contributed by atoms with Crippen LogP contribution in [0.15, 0.2) is 82.7 Å². The fourth-order valence-corrected chi connectivity index (χ4v) is 3.93. The SMILES string of the molecule is COC(=O)C1=C(C)NC(C)=C(C(=O)OC/C(C)=C/c2ccccc2)C1c1cccc([N+](=O)[O-])c1. The predicted molar refractivity (Wildman–Crippen MR) is 127 cm³/mol. The minimum absolute atomic E-state index is 0.0441. The quantitative estimate of drug-likeness (QED) is 0.362. The number of rotatable bonds is 7. The minimum atomic E-state index is -0.889. The summed E-state index contributed by atoms with van der Waals surface area (Å²) in [5.41, 5.74) is 3.45. The van der Waals surface area contributed by atoms with Gasteiger partial charge in [0, 0.05) is 23.5 Å². The van der Waals surface area contributed by atoms with Gasteiger partial charge in [-0.05, 0) is 37.5 Å². The number of hydrogen-bond donors (Lipinski definition) is 1. The van der Waals surface area contributed by atoms with E-state index in [1.165, 1.54) is 25.3 Å². The highest BCUT2D eigenvalue weighted by atomic mass is 16.6. The Labute approximate surface area is 197 Å². The predicted octanol–water partition coefficient (Wildman–Crippen LogP) is 4.65. The molecule has 2 aromatic rings. The third-order valence-corrected chi connectivity index (χ3v) is 5.44. The van der Waals surface area contributed by atoms with E-state index in [0.717, 1.165) is 11.1 Å². The first-order chi connectivity index (χ1) is 16.2. The fourth-order valence-electron chi connectivity index (χ4n) is 3.93. The van der Waals surface area contributed by atoms with Crippen LogP contribution in [0.2, 0.25) is 0 Å². The Morgan fingerprint density at radius 1 is 1.03 bits per heavy atom. The average Bonchev–Trinajstić information content (AvgIpc) is 2.82. The molecule has 8 nitrogen and oxygen atoms in total. The van der Waals surface area contributed by atoms with Gasteiger partial charge in [-0.3, -0.25) is 10.1 Å². The van der Waals surface area contributed by atoms with E-state index in [4.69, 9.17) is 9.47 Å². The maximum Gasteiger partial charge on any atom is 0.337 e. The van der Waals surface area contributed by atoms with E-state index in [0.29, 0.717) is 17.0 Å². The first-order valence-corrected chi connectivity index (χ1v) is 10.6. The zero-order chi connectivity index (χ0) is 24.8. The van der Waals surface area contributed by atoms with Crippen molar-refractivity contribution in [3.8, 4) is 0 Å². The van der Waals surface area contributed by atoms with E-state index in [2.05, 4.69) is 5.32 Å². The van der Waals surface area contributed by atoms with Crippen LogP contribution < -0.4 is 5.32 Å². The number of benzene rings is 2. The lowest BCUT2D eigenvalue weighted by Crippen LogP contribution is -2.32. The van der Waals surface area contributed by atoms with E-state index in [1.54, 1.807) is 19.9 Å². The molecule has 1 heterocycles. The molecule has 3 rings (SSSR count). The molecular weight excluding hydrogens is 436 g/mol. The number of dihydropyridines is 1. The summed E-state index contributed by atoms with van der Waals surface area (Å²) in [4.78, 5) is 36.8. The number of ether oxygens (including phenoxy) is 2. The maximum atomic E-state index is 13.3. The minimum Gasteiger partial charge on any atom is -0.466 e. The van der Waals surface area contributed by atoms with E-state index in [-0.39, 0.29) is 23.4 Å². The normalized spacial score (nSPS) is 16.1. The van der Waals surface area contributed by atoms with Crippen LogP contribution in [0.5, 0.6) is 0 Å². The lowest BCUT2D eigenvalue weighted by molar-refractivity contribution is -0.384. The highest BCUT2D eigenvalue weighted by Crippen LogP contribution is 2.40. The molecule has 0 saturated heterocycles. The molecular formula is C26H26N2O6. The summed E-state index contributed by atoms with van der Waals surface area (Å²) >= 11 is 0. The third kappa shape index (κ3) is 5.40. The monoisotopic (exact) mass is 462 g/mol. The maximum absolute atomic E-state index is 13.3. The lowest BCUT2D eigenvalue weighted by Gasteiger charge is -2.30. The summed E-state index contributed by atoms with van der Waals surface area (Å²) in [6.07, 6.45) is 1.91. The topological polar surface area (TPSA) is 108 Å². The Balaban J connectivity index is 1.97. The van der Waals surface area contributed by atoms with Crippen molar-refractivity contribution in [2.24, 2.45) is 0 Å². The number of methoxy groups -OCH3 is 1. The number of hydrogen-bond acceptors (Lipinski definition) is 7. The van der Waals surface area contributed by atoms with Gasteiger partial charge < -0.3 is 14.8 Å². The summed E-state index contributed by atoms with van der Waals surface area (Å²) in [5.74, 6) is -2.16. The second-order valence-electron chi connectivity index (χ2n) is 7.96. The molecule has 1 atom stereocenters. The number of allylic oxidation sites excluding steroid dienone is 2. The summed E-state index contributed by atoms with van der Waals surface area (Å²) in [6.45, 7) is 5.28. The molecule has 1 aliphatic heterocycles. The summed E-state index contributed by atoms with van der Waals surface area (Å²) in [5, 5.41) is 14.4. The van der Waals surface area contributed by atoms with Crippen LogP contribution in [0.1, 0.15) is 37.8 Å². The van der Waals surface area contributed by atoms with Crippen molar-refractivity contribution in [3.63, 3.8) is 0 Å². The van der Waals surface area contributed by atoms with Gasteiger partial charge in [-0.15, -0.1) is 0 Å². The molecule has 1 N–H and O–H groups in total. The smallest absolute Gasteiger partial charge is 0.337 e. The van der Waals surface area contributed by atoms with Gasteiger partial charge in [-0.25, -0.2) is 9.59 Å². The lowest BCUT2D eigenvalue weighted by atomic mass is 9.80. The van der Waals surface area contributed by atoms with Crippen molar-refractivity contribution in [1.29, 1.82) is 0 Å². The highest BCUT2D eigenvalue weighted by molar-refractivity contribution is 6.00. The summed E-state index contributed by atoms with van der Waals surface area (Å²) in [7, 11) is 1.24. The molecule has 0 radical (unpaired) electrons. The second-order valence-corrected chi connectivity index (χ2v) is 7.96. The number of esters is 2. The number of nitrogens with one attached hydrogen (secondary N) is 1. The molecule has 0 spiro atoms. The molecule has 1 unspecified atom stereocenters. The van der Waals surface area contributed by atoms with E-state index in [9.17, 15) is 19.7 Å². The highest BCUT2D eigenvalue weighted by Gasteiger charge is 2.38. The number of carbonyl (C=O) groups excluding carboxylic acids is 2. The van der Waals surface area contributed by atoms with Gasteiger partial charge in [0.05, 0.1) is 29.1 Å².